The second kappa shape index (κ2) is 16.4. The molecule has 0 atom stereocenters. The number of nitrogens with two attached hydrogens (primary N) is 1. The molecule has 1 nitrogen and oxygen atoms in total. The normalized spacial score (nSPS) is 7.25. The second-order valence-corrected chi connectivity index (χ2v) is 0.856. The Balaban J connectivity index is 0. The molecule has 8 heavy (non-hydrogen) atoms. The van der Waals surface area contributed by atoms with Crippen molar-refractivity contribution in [3.63, 3.8) is 0 Å². The highest BCUT2D eigenvalue weighted by molar-refractivity contribution is 5.05. The summed E-state index contributed by atoms with van der Waals surface area (Å²) in [6, 6.07) is 0. The van der Waals surface area contributed by atoms with Gasteiger partial charge >= 0.3 is 0 Å². The van der Waals surface area contributed by atoms with Gasteiger partial charge in [0.05, 0.1) is 0 Å². The van der Waals surface area contributed by atoms with E-state index in [1.165, 1.54) is 7.05 Å². The fourth-order valence-electron chi connectivity index (χ4n) is 0.157. The Kier molecular flexibility index (Phi) is 20.9. The molecule has 0 bridgehead atoms. The molecule has 0 aromatic heterocycles. The summed E-state index contributed by atoms with van der Waals surface area (Å²) >= 11 is 0. The van der Waals surface area contributed by atoms with Crippen LogP contribution in [-0.4, -0.2) is 7.05 Å². The van der Waals surface area contributed by atoms with Gasteiger partial charge in [-0.05, 0) is 7.05 Å². The molecule has 0 fully saturated rings. The predicted octanol–water partition coefficient (Wildman–Crippen LogP) is 1.49. The zero-order valence-corrected chi connectivity index (χ0v) is 5.30. The maximum Gasteiger partial charge on any atom is -0.0195 e. The van der Waals surface area contributed by atoms with E-state index in [4.69, 9.17) is 0 Å². The molecule has 0 aliphatic heterocycles. The molecule has 0 spiro atoms. The first-order valence-electron chi connectivity index (χ1n) is 2.39. The van der Waals surface area contributed by atoms with Crippen molar-refractivity contribution in [3.05, 3.63) is 37.5 Å². The van der Waals surface area contributed by atoms with Gasteiger partial charge in [-0.1, -0.05) is 37.5 Å². The van der Waals surface area contributed by atoms with Crippen molar-refractivity contribution in [2.45, 2.75) is 0 Å². The van der Waals surface area contributed by atoms with Gasteiger partial charge in [-0.3, -0.25) is 0 Å². The van der Waals surface area contributed by atoms with E-state index in [2.05, 4.69) is 18.9 Å². The summed E-state index contributed by atoms with van der Waals surface area (Å²) < 4.78 is 0. The molecule has 0 aromatic rings. The van der Waals surface area contributed by atoms with Gasteiger partial charge in [-0.25, -0.2) is 0 Å². The van der Waals surface area contributed by atoms with E-state index in [1.54, 1.807) is 12.2 Å². The third-order valence-electron chi connectivity index (χ3n) is 0.383. The van der Waals surface area contributed by atoms with Crippen LogP contribution in [0.25, 0.3) is 0 Å². The largest absolute Gasteiger partial charge is 0.333 e. The van der Waals surface area contributed by atoms with Crippen LogP contribution >= 0.6 is 0 Å². The summed E-state index contributed by atoms with van der Waals surface area (Å²) in [7, 11) is 1.50. The van der Waals surface area contributed by atoms with Gasteiger partial charge in [-0.15, -0.1) is 0 Å². The highest BCUT2D eigenvalue weighted by Crippen LogP contribution is 1.69. The first-order valence-corrected chi connectivity index (χ1v) is 2.39. The standard InChI is InChI=1S/C6H8.CH5N/c1-3-5-6-4-2;1-2/h3-6H,1-2H2;2H2,1H3/b6-5-;. The fraction of sp³-hybridized carbons (Fsp3) is 0.143. The fourth-order valence-corrected chi connectivity index (χ4v) is 0.157. The van der Waals surface area contributed by atoms with Gasteiger partial charge in [0, 0.05) is 0 Å². The van der Waals surface area contributed by atoms with Gasteiger partial charge in [-0.2, -0.15) is 0 Å². The van der Waals surface area contributed by atoms with Crippen LogP contribution in [0.3, 0.4) is 0 Å². The Labute approximate surface area is 51.2 Å². The van der Waals surface area contributed by atoms with Crippen LogP contribution in [-0.2, 0) is 0 Å². The van der Waals surface area contributed by atoms with Crippen molar-refractivity contribution in [2.24, 2.45) is 5.73 Å². The lowest BCUT2D eigenvalue weighted by molar-refractivity contribution is 1.48. The minimum absolute atomic E-state index is 1.50. The van der Waals surface area contributed by atoms with E-state index in [0.29, 0.717) is 0 Å². The quantitative estimate of drug-likeness (QED) is 0.537. The van der Waals surface area contributed by atoms with E-state index in [-0.39, 0.29) is 0 Å². The molecule has 0 saturated heterocycles. The van der Waals surface area contributed by atoms with Crippen LogP contribution in [0.2, 0.25) is 0 Å². The maximum atomic E-state index is 4.50. The Morgan fingerprint density at radius 2 is 1.25 bits per heavy atom. The lowest BCUT2D eigenvalue weighted by Crippen LogP contribution is -1.69. The first-order chi connectivity index (χ1) is 3.91. The average Bonchev–Trinajstić information content (AvgIpc) is 1.88. The van der Waals surface area contributed by atoms with Crippen molar-refractivity contribution in [3.8, 4) is 0 Å². The predicted molar refractivity (Wildman–Crippen MR) is 39.6 cm³/mol. The minimum atomic E-state index is 1.50. The highest BCUT2D eigenvalue weighted by atomic mass is 14.4. The summed E-state index contributed by atoms with van der Waals surface area (Å²) in [5.41, 5.74) is 4.50. The van der Waals surface area contributed by atoms with Crippen molar-refractivity contribution in [1.29, 1.82) is 0 Å². The zero-order valence-electron chi connectivity index (χ0n) is 5.30. The van der Waals surface area contributed by atoms with Gasteiger partial charge in [0.15, 0.2) is 0 Å². The third kappa shape index (κ3) is 19.0. The molecule has 0 heterocycles. The van der Waals surface area contributed by atoms with Crippen molar-refractivity contribution in [2.75, 3.05) is 7.05 Å². The van der Waals surface area contributed by atoms with E-state index in [0.717, 1.165) is 0 Å². The van der Waals surface area contributed by atoms with Gasteiger partial charge < -0.3 is 5.73 Å². The van der Waals surface area contributed by atoms with Crippen molar-refractivity contribution in [1.82, 2.24) is 0 Å². The number of allylic oxidation sites excluding steroid dienone is 4. The van der Waals surface area contributed by atoms with Crippen LogP contribution in [0.1, 0.15) is 0 Å². The molecule has 0 saturated carbocycles. The summed E-state index contributed by atoms with van der Waals surface area (Å²) in [4.78, 5) is 0. The van der Waals surface area contributed by atoms with Gasteiger partial charge in [0.25, 0.3) is 0 Å². The number of rotatable bonds is 2. The van der Waals surface area contributed by atoms with Crippen LogP contribution in [0, 0.1) is 0 Å². The SMILES string of the molecule is C=C/C=C\C=C.CN. The summed E-state index contributed by atoms with van der Waals surface area (Å²) in [5, 5.41) is 0. The van der Waals surface area contributed by atoms with Gasteiger partial charge in [0.2, 0.25) is 0 Å². The van der Waals surface area contributed by atoms with Gasteiger partial charge in [0.1, 0.15) is 0 Å². The van der Waals surface area contributed by atoms with E-state index >= 15 is 0 Å². The third-order valence-corrected chi connectivity index (χ3v) is 0.383. The molecule has 46 valence electrons. The van der Waals surface area contributed by atoms with E-state index in [1.807, 2.05) is 12.2 Å². The Morgan fingerprint density at radius 3 is 1.38 bits per heavy atom. The highest BCUT2D eigenvalue weighted by Gasteiger charge is 1.47. The number of hydrogen-bond acceptors (Lipinski definition) is 1. The lowest BCUT2D eigenvalue weighted by Gasteiger charge is -1.60. The number of hydrogen-bond donors (Lipinski definition) is 1. The minimum Gasteiger partial charge on any atom is -0.333 e. The first kappa shape index (κ1) is 10.2. The van der Waals surface area contributed by atoms with E-state index < -0.39 is 0 Å². The monoisotopic (exact) mass is 111 g/mol. The molecular weight excluding hydrogens is 98.1 g/mol. The molecule has 0 radical (unpaired) electrons. The molecule has 2 N–H and O–H groups in total. The lowest BCUT2D eigenvalue weighted by atomic mass is 10.5. The Hall–Kier alpha value is -0.820. The molecular formula is C7H13N. The van der Waals surface area contributed by atoms with Crippen LogP contribution in [0.4, 0.5) is 0 Å². The zero-order chi connectivity index (χ0) is 6.83. The molecule has 0 aliphatic rings. The Morgan fingerprint density at radius 1 is 1.00 bits per heavy atom. The molecule has 0 aliphatic carbocycles. The average molecular weight is 111 g/mol. The topological polar surface area (TPSA) is 26.0 Å². The molecule has 0 unspecified atom stereocenters. The molecule has 0 amide bonds. The van der Waals surface area contributed by atoms with E-state index in [9.17, 15) is 0 Å². The van der Waals surface area contributed by atoms with Crippen LogP contribution < -0.4 is 5.73 Å². The summed E-state index contributed by atoms with van der Waals surface area (Å²) in [6.45, 7) is 6.93. The van der Waals surface area contributed by atoms with Crippen LogP contribution in [0.15, 0.2) is 37.5 Å². The van der Waals surface area contributed by atoms with Crippen molar-refractivity contribution >= 4 is 0 Å². The molecule has 0 aromatic carbocycles. The van der Waals surface area contributed by atoms with Crippen molar-refractivity contribution < 1.29 is 0 Å². The van der Waals surface area contributed by atoms with Crippen LogP contribution in [0.5, 0.6) is 0 Å². The summed E-state index contributed by atoms with van der Waals surface area (Å²) in [6.07, 6.45) is 7.07. The smallest absolute Gasteiger partial charge is 0.0195 e. The molecule has 0 rings (SSSR count). The second-order valence-electron chi connectivity index (χ2n) is 0.856. The molecule has 1 heteroatoms. The maximum absolute atomic E-state index is 4.50. The Bertz CT molecular complexity index is 62.5. The summed E-state index contributed by atoms with van der Waals surface area (Å²) in [5.74, 6) is 0.